The van der Waals surface area contributed by atoms with E-state index in [0.29, 0.717) is 4.90 Å². The summed E-state index contributed by atoms with van der Waals surface area (Å²) in [7, 11) is -3.18. The van der Waals surface area contributed by atoms with Crippen LogP contribution in [0.4, 0.5) is 0 Å². The van der Waals surface area contributed by atoms with Crippen LogP contribution >= 0.6 is 10.9 Å². The predicted molar refractivity (Wildman–Crippen MR) is 58.7 cm³/mol. The van der Waals surface area contributed by atoms with Gasteiger partial charge in [0.1, 0.15) is 0 Å². The third kappa shape index (κ3) is 2.74. The number of rotatable bonds is 2. The highest BCUT2D eigenvalue weighted by molar-refractivity contribution is 8.15. The first-order valence-electron chi connectivity index (χ1n) is 3.89. The van der Waals surface area contributed by atoms with Crippen molar-refractivity contribution in [2.24, 2.45) is 0 Å². The average molecular weight is 218 g/mol. The van der Waals surface area contributed by atoms with E-state index in [-0.39, 0.29) is 10.9 Å². The second-order valence-corrected chi connectivity index (χ2v) is 7.48. The summed E-state index contributed by atoms with van der Waals surface area (Å²) in [5.74, 6) is 0. The molecule has 0 heterocycles. The lowest BCUT2D eigenvalue weighted by Gasteiger charge is -2.09. The molecular formula is C9H14O2S2. The fraction of sp³-hybridized carbons (Fsp3) is 0.333. The minimum absolute atomic E-state index is 0.139. The Labute approximate surface area is 82.2 Å². The van der Waals surface area contributed by atoms with E-state index in [4.69, 9.17) is 0 Å². The van der Waals surface area contributed by atoms with Crippen molar-refractivity contribution in [2.45, 2.75) is 9.79 Å². The van der Waals surface area contributed by atoms with Crippen molar-refractivity contribution in [1.82, 2.24) is 0 Å². The molecule has 74 valence electrons. The zero-order chi connectivity index (χ0) is 10.1. The highest BCUT2D eigenvalue weighted by Gasteiger charge is 2.05. The first-order valence-corrected chi connectivity index (χ1v) is 8.01. The third-order valence-electron chi connectivity index (χ3n) is 1.78. The van der Waals surface area contributed by atoms with Crippen molar-refractivity contribution in [3.05, 3.63) is 24.3 Å². The first-order chi connectivity index (χ1) is 5.91. The largest absolute Gasteiger partial charge is 0.233 e. The normalized spacial score (nSPS) is 12.7. The van der Waals surface area contributed by atoms with Crippen LogP contribution in [0.5, 0.6) is 0 Å². The Morgan fingerprint density at radius 3 is 1.85 bits per heavy atom. The molecule has 0 aliphatic heterocycles. The maximum atomic E-state index is 11.1. The highest BCUT2D eigenvalue weighted by atomic mass is 32.2. The van der Waals surface area contributed by atoms with E-state index in [2.05, 4.69) is 12.5 Å². The Morgan fingerprint density at radius 1 is 1.08 bits per heavy atom. The molecule has 0 fully saturated rings. The van der Waals surface area contributed by atoms with Crippen LogP contribution in [-0.4, -0.2) is 27.2 Å². The highest BCUT2D eigenvalue weighted by Crippen LogP contribution is 2.28. The van der Waals surface area contributed by atoms with Gasteiger partial charge in [-0.15, -0.1) is 0 Å². The van der Waals surface area contributed by atoms with E-state index >= 15 is 0 Å². The van der Waals surface area contributed by atoms with Gasteiger partial charge >= 0.3 is 0 Å². The Balaban J connectivity index is 3.08. The van der Waals surface area contributed by atoms with E-state index in [1.165, 1.54) is 11.2 Å². The summed E-state index contributed by atoms with van der Waals surface area (Å²) < 4.78 is 22.2. The zero-order valence-electron chi connectivity index (χ0n) is 7.98. The van der Waals surface area contributed by atoms with Gasteiger partial charge in [-0.2, -0.15) is 0 Å². The molecule has 13 heavy (non-hydrogen) atoms. The van der Waals surface area contributed by atoms with Crippen molar-refractivity contribution < 1.29 is 8.42 Å². The van der Waals surface area contributed by atoms with E-state index in [9.17, 15) is 8.42 Å². The van der Waals surface area contributed by atoms with Gasteiger partial charge in [-0.25, -0.2) is 19.3 Å². The molecule has 0 radical (unpaired) electrons. The summed E-state index contributed by atoms with van der Waals surface area (Å²) in [6.07, 6.45) is 5.51. The van der Waals surface area contributed by atoms with Gasteiger partial charge in [0.2, 0.25) is 0 Å². The molecule has 0 atom stereocenters. The maximum Gasteiger partial charge on any atom is 0.175 e. The van der Waals surface area contributed by atoms with Crippen LogP contribution in [0.15, 0.2) is 34.1 Å². The molecule has 0 aliphatic rings. The van der Waals surface area contributed by atoms with Gasteiger partial charge in [0, 0.05) is 6.26 Å². The summed E-state index contributed by atoms with van der Waals surface area (Å²) >= 11 is 0. The van der Waals surface area contributed by atoms with Crippen LogP contribution in [-0.2, 0) is 9.84 Å². The van der Waals surface area contributed by atoms with E-state index in [1.54, 1.807) is 12.1 Å². The molecule has 1 rings (SSSR count). The van der Waals surface area contributed by atoms with Crippen LogP contribution in [0.3, 0.4) is 0 Å². The molecule has 0 aliphatic carbocycles. The van der Waals surface area contributed by atoms with Gasteiger partial charge in [-0.05, 0) is 41.7 Å². The molecule has 0 saturated heterocycles. The topological polar surface area (TPSA) is 34.1 Å². The van der Waals surface area contributed by atoms with E-state index in [0.717, 1.165) is 0 Å². The third-order valence-corrected chi connectivity index (χ3v) is 4.24. The molecule has 0 saturated carbocycles. The minimum atomic E-state index is -3.04. The fourth-order valence-electron chi connectivity index (χ4n) is 0.991. The molecule has 4 heteroatoms. The summed E-state index contributed by atoms with van der Waals surface area (Å²) in [5, 5.41) is 0. The number of thiol groups is 1. The standard InChI is InChI=1S/C9H14O2S2/c1-12(2)8-4-6-9(7-5-8)13(3,10)11/h4-7,12H,1-3H3. The Bertz CT molecular complexity index is 377. The molecule has 0 bridgehead atoms. The quantitative estimate of drug-likeness (QED) is 0.767. The first kappa shape index (κ1) is 10.6. The fourth-order valence-corrected chi connectivity index (χ4v) is 2.37. The van der Waals surface area contributed by atoms with Gasteiger partial charge in [0.05, 0.1) is 4.90 Å². The molecule has 0 aromatic heterocycles. The number of hydrogen-bond acceptors (Lipinski definition) is 2. The van der Waals surface area contributed by atoms with Crippen molar-refractivity contribution in [2.75, 3.05) is 18.8 Å². The smallest absolute Gasteiger partial charge is 0.175 e. The van der Waals surface area contributed by atoms with Gasteiger partial charge < -0.3 is 0 Å². The van der Waals surface area contributed by atoms with Crippen LogP contribution < -0.4 is 0 Å². The zero-order valence-corrected chi connectivity index (χ0v) is 9.69. The molecule has 0 unspecified atom stereocenters. The van der Waals surface area contributed by atoms with Crippen LogP contribution in [0.1, 0.15) is 0 Å². The van der Waals surface area contributed by atoms with E-state index in [1.807, 2.05) is 12.1 Å². The maximum absolute atomic E-state index is 11.1. The van der Waals surface area contributed by atoms with Gasteiger partial charge in [0.25, 0.3) is 0 Å². The molecule has 1 aromatic rings. The predicted octanol–water partition coefficient (Wildman–Crippen LogP) is 1.71. The number of sulfone groups is 1. The monoisotopic (exact) mass is 218 g/mol. The summed E-state index contributed by atoms with van der Waals surface area (Å²) in [6, 6.07) is 7.13. The van der Waals surface area contributed by atoms with Gasteiger partial charge in [0.15, 0.2) is 9.84 Å². The molecule has 1 aromatic carbocycles. The summed E-state index contributed by atoms with van der Waals surface area (Å²) in [6.45, 7) is 0. The van der Waals surface area contributed by atoms with Crippen LogP contribution in [0.2, 0.25) is 0 Å². The van der Waals surface area contributed by atoms with Crippen molar-refractivity contribution in [1.29, 1.82) is 0 Å². The summed E-state index contributed by atoms with van der Waals surface area (Å²) in [5.41, 5.74) is 0. The summed E-state index contributed by atoms with van der Waals surface area (Å²) in [4.78, 5) is 1.62. The molecule has 2 nitrogen and oxygen atoms in total. The van der Waals surface area contributed by atoms with E-state index < -0.39 is 9.84 Å². The second-order valence-electron chi connectivity index (χ2n) is 3.16. The minimum Gasteiger partial charge on any atom is -0.233 e. The molecule has 0 spiro atoms. The Kier molecular flexibility index (Phi) is 3.03. The average Bonchev–Trinajstić information content (AvgIpc) is 2.03. The lowest BCUT2D eigenvalue weighted by atomic mass is 10.4. The van der Waals surface area contributed by atoms with Crippen molar-refractivity contribution in [3.63, 3.8) is 0 Å². The number of hydrogen-bond donors (Lipinski definition) is 1. The lowest BCUT2D eigenvalue weighted by molar-refractivity contribution is 0.602. The number of benzene rings is 1. The van der Waals surface area contributed by atoms with Crippen LogP contribution in [0.25, 0.3) is 0 Å². The lowest BCUT2D eigenvalue weighted by Crippen LogP contribution is -1.96. The molecule has 0 amide bonds. The molecular weight excluding hydrogens is 204 g/mol. The Hall–Kier alpha value is -0.480. The Morgan fingerprint density at radius 2 is 1.54 bits per heavy atom. The van der Waals surface area contributed by atoms with Gasteiger partial charge in [-0.3, -0.25) is 0 Å². The van der Waals surface area contributed by atoms with Crippen molar-refractivity contribution in [3.8, 4) is 0 Å². The molecule has 0 N–H and O–H groups in total. The van der Waals surface area contributed by atoms with Crippen molar-refractivity contribution >= 4 is 20.7 Å². The SMILES string of the molecule is C[SH](C)c1ccc(S(C)(=O)=O)cc1. The van der Waals surface area contributed by atoms with Crippen LogP contribution in [0, 0.1) is 0 Å². The van der Waals surface area contributed by atoms with Gasteiger partial charge in [-0.1, -0.05) is 0 Å². The second kappa shape index (κ2) is 3.72.